The van der Waals surface area contributed by atoms with Gasteiger partial charge in [0.05, 0.1) is 5.60 Å². The van der Waals surface area contributed by atoms with Gasteiger partial charge in [0.2, 0.25) is 0 Å². The van der Waals surface area contributed by atoms with E-state index in [2.05, 4.69) is 24.3 Å². The molecule has 2 aromatic carbocycles. The molecule has 2 aromatic rings. The van der Waals surface area contributed by atoms with E-state index in [0.717, 1.165) is 18.4 Å². The summed E-state index contributed by atoms with van der Waals surface area (Å²) < 4.78 is 0. The van der Waals surface area contributed by atoms with Crippen LogP contribution < -0.4 is 0 Å². The van der Waals surface area contributed by atoms with Crippen LogP contribution in [-0.4, -0.2) is 5.11 Å². The maximum atomic E-state index is 11.0. The van der Waals surface area contributed by atoms with E-state index >= 15 is 0 Å². The number of halogens is 2. The molecule has 0 heterocycles. The monoisotopic (exact) mass is 320 g/mol. The average molecular weight is 321 g/mol. The quantitative estimate of drug-likeness (QED) is 0.770. The summed E-state index contributed by atoms with van der Waals surface area (Å²) in [4.78, 5) is 0. The van der Waals surface area contributed by atoms with Crippen molar-refractivity contribution in [3.8, 4) is 0 Å². The lowest BCUT2D eigenvalue weighted by Crippen LogP contribution is -2.31. The molecule has 0 bridgehead atoms. The fraction of sp³-hybridized carbons (Fsp3) is 0.333. The highest BCUT2D eigenvalue weighted by molar-refractivity contribution is 6.33. The van der Waals surface area contributed by atoms with Gasteiger partial charge in [-0.1, -0.05) is 53.5 Å². The second kappa shape index (κ2) is 6.00. The van der Waals surface area contributed by atoms with Gasteiger partial charge in [-0.2, -0.15) is 0 Å². The lowest BCUT2D eigenvalue weighted by molar-refractivity contribution is -0.00555. The summed E-state index contributed by atoms with van der Waals surface area (Å²) in [5.74, 6) is 0.518. The van der Waals surface area contributed by atoms with Gasteiger partial charge in [-0.3, -0.25) is 0 Å². The zero-order valence-electron chi connectivity index (χ0n) is 11.7. The van der Waals surface area contributed by atoms with E-state index in [1.807, 2.05) is 6.07 Å². The minimum absolute atomic E-state index is 0.518. The van der Waals surface area contributed by atoms with Crippen molar-refractivity contribution >= 4 is 23.2 Å². The van der Waals surface area contributed by atoms with E-state index < -0.39 is 5.60 Å². The lowest BCUT2D eigenvalue weighted by Gasteiger charge is -2.37. The van der Waals surface area contributed by atoms with Crippen molar-refractivity contribution in [2.45, 2.75) is 37.2 Å². The van der Waals surface area contributed by atoms with Crippen molar-refractivity contribution in [1.82, 2.24) is 0 Å². The molecule has 1 aliphatic rings. The maximum absolute atomic E-state index is 11.0. The summed E-state index contributed by atoms with van der Waals surface area (Å²) in [5, 5.41) is 12.2. The Morgan fingerprint density at radius 3 is 2.29 bits per heavy atom. The molecule has 0 unspecified atom stereocenters. The SMILES string of the molecule is OC1(c2cc(Cl)ccc2Cl)CCC(c2ccccc2)CC1. The second-order valence-electron chi connectivity index (χ2n) is 5.84. The van der Waals surface area contributed by atoms with Crippen LogP contribution in [0.5, 0.6) is 0 Å². The third-order valence-electron chi connectivity index (χ3n) is 4.51. The van der Waals surface area contributed by atoms with Gasteiger partial charge in [0.1, 0.15) is 0 Å². The molecule has 0 saturated heterocycles. The second-order valence-corrected chi connectivity index (χ2v) is 6.68. The number of hydrogen-bond donors (Lipinski definition) is 1. The van der Waals surface area contributed by atoms with Crippen molar-refractivity contribution in [2.24, 2.45) is 0 Å². The minimum Gasteiger partial charge on any atom is -0.385 e. The van der Waals surface area contributed by atoms with Gasteiger partial charge >= 0.3 is 0 Å². The Kier molecular flexibility index (Phi) is 4.26. The van der Waals surface area contributed by atoms with Crippen LogP contribution >= 0.6 is 23.2 Å². The lowest BCUT2D eigenvalue weighted by atomic mass is 9.73. The molecular formula is C18H18Cl2O. The van der Waals surface area contributed by atoms with Crippen LogP contribution in [0.1, 0.15) is 42.7 Å². The molecule has 0 radical (unpaired) electrons. The van der Waals surface area contributed by atoms with E-state index in [-0.39, 0.29) is 0 Å². The Morgan fingerprint density at radius 2 is 1.62 bits per heavy atom. The fourth-order valence-electron chi connectivity index (χ4n) is 3.28. The summed E-state index contributed by atoms with van der Waals surface area (Å²) in [5.41, 5.74) is 1.27. The van der Waals surface area contributed by atoms with Crippen LogP contribution in [0.4, 0.5) is 0 Å². The number of aliphatic hydroxyl groups is 1. The summed E-state index contributed by atoms with van der Waals surface area (Å²) >= 11 is 12.3. The third kappa shape index (κ3) is 3.11. The molecule has 3 rings (SSSR count). The molecule has 1 nitrogen and oxygen atoms in total. The largest absolute Gasteiger partial charge is 0.385 e. The first-order valence-electron chi connectivity index (χ1n) is 7.31. The topological polar surface area (TPSA) is 20.2 Å². The van der Waals surface area contributed by atoms with Crippen molar-refractivity contribution < 1.29 is 5.11 Å². The van der Waals surface area contributed by atoms with Gasteiger partial charge < -0.3 is 5.11 Å². The summed E-state index contributed by atoms with van der Waals surface area (Å²) in [6.07, 6.45) is 3.35. The Morgan fingerprint density at radius 1 is 0.952 bits per heavy atom. The van der Waals surface area contributed by atoms with Crippen LogP contribution in [0.2, 0.25) is 10.0 Å². The minimum atomic E-state index is -0.854. The Labute approximate surface area is 135 Å². The molecule has 1 saturated carbocycles. The zero-order valence-corrected chi connectivity index (χ0v) is 13.2. The predicted octanol–water partition coefficient (Wildman–Crippen LogP) is 5.54. The number of hydrogen-bond acceptors (Lipinski definition) is 1. The zero-order chi connectivity index (χ0) is 14.9. The molecule has 3 heteroatoms. The van der Waals surface area contributed by atoms with Gasteiger partial charge in [-0.05, 0) is 55.4 Å². The first-order valence-corrected chi connectivity index (χ1v) is 8.07. The van der Waals surface area contributed by atoms with E-state index in [0.29, 0.717) is 28.8 Å². The van der Waals surface area contributed by atoms with E-state index in [9.17, 15) is 5.11 Å². The highest BCUT2D eigenvalue weighted by Crippen LogP contribution is 2.45. The average Bonchev–Trinajstić information content (AvgIpc) is 2.51. The van der Waals surface area contributed by atoms with Gasteiger partial charge in [-0.15, -0.1) is 0 Å². The van der Waals surface area contributed by atoms with Gasteiger partial charge in [-0.25, -0.2) is 0 Å². The van der Waals surface area contributed by atoms with Crippen LogP contribution in [-0.2, 0) is 5.60 Å². The molecule has 0 aliphatic heterocycles. The summed E-state index contributed by atoms with van der Waals surface area (Å²) in [7, 11) is 0. The molecule has 0 amide bonds. The normalized spacial score (nSPS) is 25.8. The molecule has 0 spiro atoms. The maximum Gasteiger partial charge on any atom is 0.0911 e. The molecule has 1 fully saturated rings. The van der Waals surface area contributed by atoms with Crippen LogP contribution in [0, 0.1) is 0 Å². The van der Waals surface area contributed by atoms with E-state index in [4.69, 9.17) is 23.2 Å². The highest BCUT2D eigenvalue weighted by atomic mass is 35.5. The Bertz CT molecular complexity index is 616. The first-order chi connectivity index (χ1) is 10.1. The van der Waals surface area contributed by atoms with E-state index in [1.54, 1.807) is 18.2 Å². The van der Waals surface area contributed by atoms with Crippen molar-refractivity contribution in [3.05, 3.63) is 69.7 Å². The van der Waals surface area contributed by atoms with Gasteiger partial charge in [0, 0.05) is 15.6 Å². The number of benzene rings is 2. The molecule has 21 heavy (non-hydrogen) atoms. The standard InChI is InChI=1S/C18H18Cl2O/c19-15-6-7-17(20)16(12-15)18(21)10-8-14(9-11-18)13-4-2-1-3-5-13/h1-7,12,14,21H,8-11H2. The summed E-state index contributed by atoms with van der Waals surface area (Å²) in [6.45, 7) is 0. The summed E-state index contributed by atoms with van der Waals surface area (Å²) in [6, 6.07) is 15.8. The van der Waals surface area contributed by atoms with Gasteiger partial charge in [0.15, 0.2) is 0 Å². The molecular weight excluding hydrogens is 303 g/mol. The third-order valence-corrected chi connectivity index (χ3v) is 5.08. The smallest absolute Gasteiger partial charge is 0.0911 e. The van der Waals surface area contributed by atoms with Crippen molar-refractivity contribution in [1.29, 1.82) is 0 Å². The molecule has 1 N–H and O–H groups in total. The van der Waals surface area contributed by atoms with Crippen molar-refractivity contribution in [2.75, 3.05) is 0 Å². The Hall–Kier alpha value is -1.02. The molecule has 1 aliphatic carbocycles. The number of rotatable bonds is 2. The first kappa shape index (κ1) is 14.9. The highest BCUT2D eigenvalue weighted by Gasteiger charge is 2.36. The van der Waals surface area contributed by atoms with Crippen LogP contribution in [0.25, 0.3) is 0 Å². The van der Waals surface area contributed by atoms with Crippen LogP contribution in [0.3, 0.4) is 0 Å². The fourth-order valence-corrected chi connectivity index (χ4v) is 3.74. The Balaban J connectivity index is 1.79. The molecule has 0 aromatic heterocycles. The molecule has 0 atom stereocenters. The molecule has 110 valence electrons. The van der Waals surface area contributed by atoms with Crippen molar-refractivity contribution in [3.63, 3.8) is 0 Å². The van der Waals surface area contributed by atoms with Gasteiger partial charge in [0.25, 0.3) is 0 Å². The van der Waals surface area contributed by atoms with E-state index in [1.165, 1.54) is 5.56 Å². The predicted molar refractivity (Wildman–Crippen MR) is 88.0 cm³/mol. The van der Waals surface area contributed by atoms with Crippen LogP contribution in [0.15, 0.2) is 48.5 Å².